The standard InChI is InChI=1S/C20H30N2O3/c1-24-18-9-8-16(13-19(18)25-2)14-21-10-6-7-17(15-21)20(23)22-11-4-3-5-12-22/h8-9,13,17H,3-7,10-12,14-15H2,1-2H3/t17-/m1/s1. The zero-order valence-electron chi connectivity index (χ0n) is 15.5. The zero-order chi connectivity index (χ0) is 17.6. The van der Waals surface area contributed by atoms with Gasteiger partial charge in [0.1, 0.15) is 0 Å². The van der Waals surface area contributed by atoms with Crippen molar-refractivity contribution in [2.24, 2.45) is 5.92 Å². The van der Waals surface area contributed by atoms with Crippen LogP contribution in [0.25, 0.3) is 0 Å². The molecule has 0 saturated carbocycles. The molecule has 0 aliphatic carbocycles. The maximum absolute atomic E-state index is 12.8. The molecule has 2 heterocycles. The van der Waals surface area contributed by atoms with E-state index < -0.39 is 0 Å². The van der Waals surface area contributed by atoms with Crippen LogP contribution in [0.15, 0.2) is 18.2 Å². The Bertz CT molecular complexity index is 584. The highest BCUT2D eigenvalue weighted by Gasteiger charge is 2.29. The summed E-state index contributed by atoms with van der Waals surface area (Å²) in [4.78, 5) is 17.3. The highest BCUT2D eigenvalue weighted by Crippen LogP contribution is 2.29. The molecule has 0 unspecified atom stereocenters. The van der Waals surface area contributed by atoms with Gasteiger partial charge < -0.3 is 14.4 Å². The van der Waals surface area contributed by atoms with Gasteiger partial charge in [0.15, 0.2) is 11.5 Å². The van der Waals surface area contributed by atoms with Gasteiger partial charge in [-0.05, 0) is 56.3 Å². The van der Waals surface area contributed by atoms with Gasteiger partial charge in [0, 0.05) is 26.2 Å². The highest BCUT2D eigenvalue weighted by molar-refractivity contribution is 5.79. The third kappa shape index (κ3) is 4.46. The van der Waals surface area contributed by atoms with Crippen molar-refractivity contribution in [3.8, 4) is 11.5 Å². The number of methoxy groups -OCH3 is 2. The Morgan fingerprint density at radius 3 is 2.52 bits per heavy atom. The molecule has 5 nitrogen and oxygen atoms in total. The summed E-state index contributed by atoms with van der Waals surface area (Å²) < 4.78 is 10.7. The molecule has 2 saturated heterocycles. The largest absolute Gasteiger partial charge is 0.493 e. The molecule has 0 spiro atoms. The van der Waals surface area contributed by atoms with Crippen LogP contribution in [0, 0.1) is 5.92 Å². The summed E-state index contributed by atoms with van der Waals surface area (Å²) in [5.41, 5.74) is 1.20. The van der Waals surface area contributed by atoms with Crippen LogP contribution in [0.1, 0.15) is 37.7 Å². The highest BCUT2D eigenvalue weighted by atomic mass is 16.5. The quantitative estimate of drug-likeness (QED) is 0.822. The van der Waals surface area contributed by atoms with Gasteiger partial charge in [-0.1, -0.05) is 6.07 Å². The molecular formula is C20H30N2O3. The van der Waals surface area contributed by atoms with E-state index in [2.05, 4.69) is 15.9 Å². The van der Waals surface area contributed by atoms with Crippen molar-refractivity contribution >= 4 is 5.91 Å². The molecule has 3 rings (SSSR count). The van der Waals surface area contributed by atoms with Crippen molar-refractivity contribution in [1.29, 1.82) is 0 Å². The Morgan fingerprint density at radius 1 is 1.04 bits per heavy atom. The monoisotopic (exact) mass is 346 g/mol. The second-order valence-electron chi connectivity index (χ2n) is 7.15. The normalized spacial score (nSPS) is 21.8. The molecule has 1 amide bonds. The van der Waals surface area contributed by atoms with Crippen LogP contribution in [0.2, 0.25) is 0 Å². The summed E-state index contributed by atoms with van der Waals surface area (Å²) in [6.45, 7) is 4.67. The number of piperidine rings is 2. The molecule has 2 aliphatic rings. The Hall–Kier alpha value is -1.75. The van der Waals surface area contributed by atoms with Crippen LogP contribution in [-0.2, 0) is 11.3 Å². The fraction of sp³-hybridized carbons (Fsp3) is 0.650. The topological polar surface area (TPSA) is 42.0 Å². The number of amides is 1. The van der Waals surface area contributed by atoms with Gasteiger partial charge in [0.25, 0.3) is 0 Å². The fourth-order valence-corrected chi connectivity index (χ4v) is 4.01. The summed E-state index contributed by atoms with van der Waals surface area (Å²) in [6, 6.07) is 6.07. The molecule has 2 aliphatic heterocycles. The summed E-state index contributed by atoms with van der Waals surface area (Å²) >= 11 is 0. The number of hydrogen-bond donors (Lipinski definition) is 0. The van der Waals surface area contributed by atoms with Crippen molar-refractivity contribution in [2.75, 3.05) is 40.4 Å². The molecular weight excluding hydrogens is 316 g/mol. The molecule has 0 bridgehead atoms. The molecule has 2 fully saturated rings. The van der Waals surface area contributed by atoms with Crippen molar-refractivity contribution in [3.63, 3.8) is 0 Å². The van der Waals surface area contributed by atoms with E-state index in [9.17, 15) is 4.79 Å². The molecule has 0 aromatic heterocycles. The maximum Gasteiger partial charge on any atom is 0.226 e. The van der Waals surface area contributed by atoms with E-state index in [1.54, 1.807) is 14.2 Å². The molecule has 138 valence electrons. The van der Waals surface area contributed by atoms with E-state index in [-0.39, 0.29) is 5.92 Å². The lowest BCUT2D eigenvalue weighted by molar-refractivity contribution is -0.138. The minimum Gasteiger partial charge on any atom is -0.493 e. The Kier molecular flexibility index (Phi) is 6.19. The first-order valence-electron chi connectivity index (χ1n) is 9.43. The third-order valence-electron chi connectivity index (χ3n) is 5.38. The first-order valence-corrected chi connectivity index (χ1v) is 9.43. The second kappa shape index (κ2) is 8.56. The average molecular weight is 346 g/mol. The van der Waals surface area contributed by atoms with E-state index >= 15 is 0 Å². The van der Waals surface area contributed by atoms with Crippen LogP contribution in [0.4, 0.5) is 0 Å². The van der Waals surface area contributed by atoms with E-state index in [0.29, 0.717) is 5.91 Å². The lowest BCUT2D eigenvalue weighted by Gasteiger charge is -2.36. The van der Waals surface area contributed by atoms with Gasteiger partial charge in [-0.2, -0.15) is 0 Å². The van der Waals surface area contributed by atoms with E-state index in [1.807, 2.05) is 12.1 Å². The van der Waals surface area contributed by atoms with Gasteiger partial charge in [-0.25, -0.2) is 0 Å². The number of carbonyl (C=O) groups is 1. The van der Waals surface area contributed by atoms with Crippen LogP contribution in [0.3, 0.4) is 0 Å². The van der Waals surface area contributed by atoms with E-state index in [4.69, 9.17) is 9.47 Å². The first kappa shape index (κ1) is 18.1. The van der Waals surface area contributed by atoms with Gasteiger partial charge in [0.05, 0.1) is 20.1 Å². The minimum absolute atomic E-state index is 0.159. The SMILES string of the molecule is COc1ccc(CN2CCC[C@@H](C(=O)N3CCCCC3)C2)cc1OC. The Labute approximate surface area is 150 Å². The maximum atomic E-state index is 12.8. The molecule has 0 radical (unpaired) electrons. The van der Waals surface area contributed by atoms with Crippen molar-refractivity contribution < 1.29 is 14.3 Å². The van der Waals surface area contributed by atoms with Crippen molar-refractivity contribution in [2.45, 2.75) is 38.6 Å². The molecule has 1 aromatic carbocycles. The van der Waals surface area contributed by atoms with Gasteiger partial charge in [-0.3, -0.25) is 9.69 Å². The first-order chi connectivity index (χ1) is 12.2. The number of rotatable bonds is 5. The predicted octanol–water partition coefficient (Wildman–Crippen LogP) is 2.93. The molecule has 25 heavy (non-hydrogen) atoms. The number of nitrogens with zero attached hydrogens (tertiary/aromatic N) is 2. The van der Waals surface area contributed by atoms with E-state index in [1.165, 1.54) is 12.0 Å². The smallest absolute Gasteiger partial charge is 0.226 e. The number of carbonyl (C=O) groups excluding carboxylic acids is 1. The number of benzene rings is 1. The van der Waals surface area contributed by atoms with Crippen molar-refractivity contribution in [3.05, 3.63) is 23.8 Å². The van der Waals surface area contributed by atoms with Gasteiger partial charge in [0.2, 0.25) is 5.91 Å². The predicted molar refractivity (Wildman–Crippen MR) is 98.0 cm³/mol. The molecule has 0 N–H and O–H groups in total. The molecule has 1 aromatic rings. The summed E-state index contributed by atoms with van der Waals surface area (Å²) in [6.07, 6.45) is 5.71. The molecule has 5 heteroatoms. The average Bonchev–Trinajstić information content (AvgIpc) is 2.68. The van der Waals surface area contributed by atoms with Crippen molar-refractivity contribution in [1.82, 2.24) is 9.80 Å². The zero-order valence-corrected chi connectivity index (χ0v) is 15.5. The summed E-state index contributed by atoms with van der Waals surface area (Å²) in [5, 5.41) is 0. The van der Waals surface area contributed by atoms with Crippen LogP contribution < -0.4 is 9.47 Å². The Balaban J connectivity index is 1.60. The van der Waals surface area contributed by atoms with E-state index in [0.717, 1.165) is 69.9 Å². The van der Waals surface area contributed by atoms with Crippen LogP contribution in [-0.4, -0.2) is 56.1 Å². The minimum atomic E-state index is 0.159. The number of ether oxygens (including phenoxy) is 2. The molecule has 1 atom stereocenters. The third-order valence-corrected chi connectivity index (χ3v) is 5.38. The lowest BCUT2D eigenvalue weighted by Crippen LogP contribution is -2.46. The van der Waals surface area contributed by atoms with Gasteiger partial charge >= 0.3 is 0 Å². The fourth-order valence-electron chi connectivity index (χ4n) is 4.01. The number of likely N-dealkylation sites (tertiary alicyclic amines) is 2. The summed E-state index contributed by atoms with van der Waals surface area (Å²) in [7, 11) is 3.31. The lowest BCUT2D eigenvalue weighted by atomic mass is 9.95. The number of hydrogen-bond acceptors (Lipinski definition) is 4. The van der Waals surface area contributed by atoms with Crippen LogP contribution >= 0.6 is 0 Å². The second-order valence-corrected chi connectivity index (χ2v) is 7.15. The van der Waals surface area contributed by atoms with Gasteiger partial charge in [-0.15, -0.1) is 0 Å². The van der Waals surface area contributed by atoms with Crippen LogP contribution in [0.5, 0.6) is 11.5 Å². The Morgan fingerprint density at radius 2 is 1.80 bits per heavy atom. The summed E-state index contributed by atoms with van der Waals surface area (Å²) in [5.74, 6) is 2.05.